The van der Waals surface area contributed by atoms with Gasteiger partial charge in [0.1, 0.15) is 0 Å². The van der Waals surface area contributed by atoms with Crippen molar-refractivity contribution < 1.29 is 8.85 Å². The number of allylic oxidation sites excluding steroid dienone is 4. The summed E-state index contributed by atoms with van der Waals surface area (Å²) in [4.78, 5) is 0. The highest BCUT2D eigenvalue weighted by Gasteiger charge is 2.36. The lowest BCUT2D eigenvalue weighted by atomic mass is 10.1. The maximum atomic E-state index is 6.49. The van der Waals surface area contributed by atoms with Gasteiger partial charge in [-0.25, -0.2) is 0 Å². The Morgan fingerprint density at radius 2 is 1.03 bits per heavy atom. The lowest BCUT2D eigenvalue weighted by Gasteiger charge is -2.30. The van der Waals surface area contributed by atoms with Crippen molar-refractivity contribution in [2.75, 3.05) is 13.2 Å². The summed E-state index contributed by atoms with van der Waals surface area (Å²) in [5.74, 6) is 0. The Bertz CT molecular complexity index is 1080. The van der Waals surface area contributed by atoms with Gasteiger partial charge in [0.2, 0.25) is 16.6 Å². The Morgan fingerprint density at radius 3 is 1.32 bits per heavy atom. The minimum Gasteiger partial charge on any atom is -0.412 e. The number of aryl methyl sites for hydroxylation is 1. The summed E-state index contributed by atoms with van der Waals surface area (Å²) in [6, 6.07) is 17.2. The molecule has 3 rings (SSSR count). The molecule has 5 heteroatoms. The maximum Gasteiger partial charge on any atom is 0.231 e. The van der Waals surface area contributed by atoms with E-state index >= 15 is 0 Å². The second-order valence-corrected chi connectivity index (χ2v) is 16.2. The molecule has 0 saturated carbocycles. The van der Waals surface area contributed by atoms with Gasteiger partial charge in [-0.1, -0.05) is 48.6 Å². The Kier molecular flexibility index (Phi) is 8.71. The van der Waals surface area contributed by atoms with E-state index in [1.165, 1.54) is 32.2 Å². The van der Waals surface area contributed by atoms with Crippen molar-refractivity contribution in [3.05, 3.63) is 87.0 Å². The van der Waals surface area contributed by atoms with Crippen LogP contribution < -0.4 is 10.4 Å². The van der Waals surface area contributed by atoms with Gasteiger partial charge < -0.3 is 13.4 Å². The quantitative estimate of drug-likeness (QED) is 0.192. The van der Waals surface area contributed by atoms with Crippen LogP contribution in [0.2, 0.25) is 24.2 Å². The molecule has 0 saturated heterocycles. The van der Waals surface area contributed by atoms with Gasteiger partial charge in [0, 0.05) is 42.1 Å². The molecule has 0 radical (unpaired) electrons. The molecule has 0 aliphatic carbocycles. The number of rotatable bonds is 14. The molecule has 0 amide bonds. The third-order valence-electron chi connectivity index (χ3n) is 6.80. The van der Waals surface area contributed by atoms with Gasteiger partial charge in [0.15, 0.2) is 0 Å². The molecule has 3 aromatic rings. The van der Waals surface area contributed by atoms with E-state index < -0.39 is 16.6 Å². The van der Waals surface area contributed by atoms with Crippen LogP contribution in [-0.4, -0.2) is 34.4 Å². The van der Waals surface area contributed by atoms with Crippen molar-refractivity contribution in [1.82, 2.24) is 4.57 Å². The van der Waals surface area contributed by atoms with Crippen molar-refractivity contribution in [3.63, 3.8) is 0 Å². The third kappa shape index (κ3) is 4.71. The van der Waals surface area contributed by atoms with Crippen LogP contribution in [0.3, 0.4) is 0 Å². The fraction of sp³-hybridized carbons (Fsp3) is 0.310. The highest BCUT2D eigenvalue weighted by atomic mass is 28.4. The van der Waals surface area contributed by atoms with Crippen LogP contribution in [0, 0.1) is 0 Å². The second kappa shape index (κ2) is 11.3. The first-order valence-electron chi connectivity index (χ1n) is 12.2. The van der Waals surface area contributed by atoms with Gasteiger partial charge in [0.05, 0.1) is 0 Å². The highest BCUT2D eigenvalue weighted by molar-refractivity contribution is 6.88. The van der Waals surface area contributed by atoms with Crippen molar-refractivity contribution in [2.24, 2.45) is 7.05 Å². The Labute approximate surface area is 207 Å². The Balaban J connectivity index is 2.30. The molecule has 3 nitrogen and oxygen atoms in total. The second-order valence-electron chi connectivity index (χ2n) is 8.85. The lowest BCUT2D eigenvalue weighted by molar-refractivity contribution is 0.333. The summed E-state index contributed by atoms with van der Waals surface area (Å²) in [6.45, 7) is 21.7. The van der Waals surface area contributed by atoms with Crippen LogP contribution in [-0.2, 0) is 15.9 Å². The summed E-state index contributed by atoms with van der Waals surface area (Å²) < 4.78 is 15.3. The minimum atomic E-state index is -2.24. The van der Waals surface area contributed by atoms with Crippen LogP contribution in [0.5, 0.6) is 0 Å². The average Bonchev–Trinajstić information content (AvgIpc) is 3.11. The molecule has 1 heterocycles. The SMILES string of the molecule is C=CC[Si](CC=C)(OCC)c1ccc2c(c1)c1cc([Si](CC=C)(CC=C)OCC)ccc1n2C. The molecule has 0 atom stereocenters. The molecule has 0 aliphatic heterocycles. The molecule has 0 aliphatic rings. The smallest absolute Gasteiger partial charge is 0.231 e. The van der Waals surface area contributed by atoms with Crippen LogP contribution in [0.1, 0.15) is 13.8 Å². The Hall–Kier alpha value is -2.45. The molecule has 180 valence electrons. The highest BCUT2D eigenvalue weighted by Crippen LogP contribution is 2.30. The van der Waals surface area contributed by atoms with Gasteiger partial charge in [-0.05, 0) is 60.5 Å². The van der Waals surface area contributed by atoms with E-state index in [1.54, 1.807) is 0 Å². The maximum absolute atomic E-state index is 6.49. The van der Waals surface area contributed by atoms with Gasteiger partial charge in [-0.15, -0.1) is 26.3 Å². The zero-order chi connectivity index (χ0) is 24.8. The lowest BCUT2D eigenvalue weighted by Crippen LogP contribution is -2.50. The van der Waals surface area contributed by atoms with E-state index in [4.69, 9.17) is 8.85 Å². The molecule has 34 heavy (non-hydrogen) atoms. The summed E-state index contributed by atoms with van der Waals surface area (Å²) in [5, 5.41) is 5.12. The largest absolute Gasteiger partial charge is 0.412 e. The van der Waals surface area contributed by atoms with Crippen LogP contribution in [0.4, 0.5) is 0 Å². The third-order valence-corrected chi connectivity index (χ3v) is 15.0. The molecule has 0 N–H and O–H groups in total. The number of aromatic nitrogens is 1. The molecule has 0 spiro atoms. The van der Waals surface area contributed by atoms with Crippen LogP contribution in [0.25, 0.3) is 21.8 Å². The number of fused-ring (bicyclic) bond motifs is 3. The van der Waals surface area contributed by atoms with Crippen molar-refractivity contribution in [3.8, 4) is 0 Å². The first kappa shape index (κ1) is 26.2. The zero-order valence-corrected chi connectivity index (χ0v) is 23.1. The van der Waals surface area contributed by atoms with Crippen molar-refractivity contribution in [1.29, 1.82) is 0 Å². The van der Waals surface area contributed by atoms with E-state index in [-0.39, 0.29) is 0 Å². The summed E-state index contributed by atoms with van der Waals surface area (Å²) >= 11 is 0. The van der Waals surface area contributed by atoms with E-state index in [2.05, 4.69) is 88.2 Å². The molecular weight excluding hydrogens is 450 g/mol. The van der Waals surface area contributed by atoms with E-state index in [0.717, 1.165) is 24.2 Å². The van der Waals surface area contributed by atoms with Gasteiger partial charge in [-0.3, -0.25) is 0 Å². The molecule has 0 fully saturated rings. The predicted molar refractivity (Wildman–Crippen MR) is 154 cm³/mol. The van der Waals surface area contributed by atoms with Gasteiger partial charge >= 0.3 is 0 Å². The molecule has 0 bridgehead atoms. The molecular formula is C29H39NO2Si2. The fourth-order valence-corrected chi connectivity index (χ4v) is 12.0. The molecule has 2 aromatic carbocycles. The van der Waals surface area contributed by atoms with E-state index in [0.29, 0.717) is 13.2 Å². The monoisotopic (exact) mass is 489 g/mol. The minimum absolute atomic E-state index is 0.692. The predicted octanol–water partition coefficient (Wildman–Crippen LogP) is 6.45. The summed E-state index contributed by atoms with van der Waals surface area (Å²) in [6.07, 6.45) is 8.01. The first-order chi connectivity index (χ1) is 16.5. The van der Waals surface area contributed by atoms with Crippen molar-refractivity contribution in [2.45, 2.75) is 38.0 Å². The van der Waals surface area contributed by atoms with E-state index in [1.807, 2.05) is 24.3 Å². The topological polar surface area (TPSA) is 23.4 Å². The van der Waals surface area contributed by atoms with Gasteiger partial charge in [0.25, 0.3) is 0 Å². The number of hydrogen-bond acceptors (Lipinski definition) is 2. The van der Waals surface area contributed by atoms with E-state index in [9.17, 15) is 0 Å². The van der Waals surface area contributed by atoms with Crippen LogP contribution in [0.15, 0.2) is 87.0 Å². The van der Waals surface area contributed by atoms with Crippen molar-refractivity contribution >= 4 is 48.8 Å². The number of nitrogens with zero attached hydrogens (tertiary/aromatic N) is 1. The normalized spacial score (nSPS) is 12.2. The first-order valence-corrected chi connectivity index (χ1v) is 16.8. The summed E-state index contributed by atoms with van der Waals surface area (Å²) in [7, 11) is -2.34. The molecule has 1 aromatic heterocycles. The van der Waals surface area contributed by atoms with Crippen LogP contribution >= 0.6 is 0 Å². The van der Waals surface area contributed by atoms with Gasteiger partial charge in [-0.2, -0.15) is 0 Å². The number of benzene rings is 2. The fourth-order valence-electron chi connectivity index (χ4n) is 5.31. The Morgan fingerprint density at radius 1 is 0.676 bits per heavy atom. The zero-order valence-electron chi connectivity index (χ0n) is 21.1. The number of hydrogen-bond donors (Lipinski definition) is 0. The standard InChI is InChI=1S/C29H39NO2Si2/c1-8-18-33(19-9-2,31-12-5)24-14-16-28-26(22-24)27-23-25(15-17-29(27)30(28)7)34(20-10-3,21-11-4)32-13-6/h8-11,14-17,22-23H,1-4,12-13,18-21H2,5-7H3. The summed E-state index contributed by atoms with van der Waals surface area (Å²) in [5.41, 5.74) is 2.45. The molecule has 0 unspecified atom stereocenters. The average molecular weight is 490 g/mol.